The van der Waals surface area contributed by atoms with E-state index in [9.17, 15) is 0 Å². The molecule has 0 aromatic carbocycles. The Labute approximate surface area is 71.1 Å². The summed E-state index contributed by atoms with van der Waals surface area (Å²) >= 11 is -0.472. The molecule has 0 aliphatic rings. The summed E-state index contributed by atoms with van der Waals surface area (Å²) in [6.45, 7) is -0.104. The standard InChI is InChI=1S/C3H8N2O.2ClH.Pt/c4-1-3(6)2-5;;;/h3-6H,1-2H2;2*1H;/q-2;;;+4/p-2. The van der Waals surface area contributed by atoms with Gasteiger partial charge in [0.25, 0.3) is 0 Å². The van der Waals surface area contributed by atoms with Crippen LogP contribution in [-0.2, 0) is 16.5 Å². The molecule has 0 aliphatic heterocycles. The third kappa shape index (κ3) is 17.6. The van der Waals surface area contributed by atoms with Gasteiger partial charge in [0.2, 0.25) is 0 Å². The minimum absolute atomic E-state index is 0.0521. The number of halogens is 2. The van der Waals surface area contributed by atoms with E-state index in [0.717, 1.165) is 0 Å². The van der Waals surface area contributed by atoms with Crippen molar-refractivity contribution in [1.82, 2.24) is 0 Å². The molecule has 0 unspecified atom stereocenters. The second kappa shape index (κ2) is 11.9. The van der Waals surface area contributed by atoms with Crippen molar-refractivity contribution in [3.05, 3.63) is 11.5 Å². The van der Waals surface area contributed by atoms with E-state index in [4.69, 9.17) is 35.4 Å². The summed E-state index contributed by atoms with van der Waals surface area (Å²) in [5, 5.41) is 8.29. The van der Waals surface area contributed by atoms with Crippen molar-refractivity contribution in [1.29, 1.82) is 0 Å². The van der Waals surface area contributed by atoms with Gasteiger partial charge >= 0.3 is 35.3 Å². The fourth-order valence-corrected chi connectivity index (χ4v) is 0.0722. The molecule has 0 spiro atoms. The van der Waals surface area contributed by atoms with Gasteiger partial charge in [0.05, 0.1) is 0 Å². The molecule has 0 aromatic heterocycles. The molecule has 0 rings (SSSR count). The molecule has 0 amide bonds. The first-order valence-electron chi connectivity index (χ1n) is 2.02. The summed E-state index contributed by atoms with van der Waals surface area (Å²) in [5.41, 5.74) is 12.9. The maximum absolute atomic E-state index is 8.29. The van der Waals surface area contributed by atoms with Crippen LogP contribution < -0.4 is 0 Å². The molecule has 6 heteroatoms. The van der Waals surface area contributed by atoms with Gasteiger partial charge in [0.15, 0.2) is 0 Å². The first-order valence-corrected chi connectivity index (χ1v) is 7.65. The van der Waals surface area contributed by atoms with Crippen LogP contribution in [0, 0.1) is 0 Å². The van der Waals surface area contributed by atoms with Gasteiger partial charge in [-0.25, -0.2) is 0 Å². The molecule has 0 fully saturated rings. The minimum atomic E-state index is -0.731. The Morgan fingerprint density at radius 1 is 1.33 bits per heavy atom. The van der Waals surface area contributed by atoms with Gasteiger partial charge in [0.1, 0.15) is 0 Å². The number of aliphatic hydroxyl groups is 1. The van der Waals surface area contributed by atoms with E-state index in [2.05, 4.69) is 0 Å². The van der Waals surface area contributed by atoms with Gasteiger partial charge in [-0.2, -0.15) is 0 Å². The molecule has 3 nitrogen and oxygen atoms in total. The number of hydrogen-bond acceptors (Lipinski definition) is 1. The Hall–Kier alpha value is 1.15. The Morgan fingerprint density at radius 3 is 1.56 bits per heavy atom. The van der Waals surface area contributed by atoms with Crippen molar-refractivity contribution in [3.8, 4) is 0 Å². The Morgan fingerprint density at radius 2 is 1.56 bits per heavy atom. The van der Waals surface area contributed by atoms with E-state index < -0.39 is 22.6 Å². The average molecular weight is 354 g/mol. The summed E-state index contributed by atoms with van der Waals surface area (Å²) in [6, 6.07) is 0. The summed E-state index contributed by atoms with van der Waals surface area (Å²) in [4.78, 5) is 0. The van der Waals surface area contributed by atoms with E-state index in [1.807, 2.05) is 0 Å². The first-order chi connectivity index (χ1) is 4.22. The molecule has 3 N–H and O–H groups in total. The zero-order chi connectivity index (χ0) is 7.70. The van der Waals surface area contributed by atoms with Crippen LogP contribution in [0.5, 0.6) is 0 Å². The topological polar surface area (TPSA) is 67.8 Å². The van der Waals surface area contributed by atoms with E-state index in [0.29, 0.717) is 0 Å². The average Bonchev–Trinajstić information content (AvgIpc) is 1.88. The molecule has 60 valence electrons. The monoisotopic (exact) mass is 353 g/mol. The fourth-order valence-electron chi connectivity index (χ4n) is 0.0722. The van der Waals surface area contributed by atoms with Crippen LogP contribution in [0.25, 0.3) is 11.5 Å². The minimum Gasteiger partial charge on any atom is -0.675 e. The molecule has 0 aliphatic carbocycles. The van der Waals surface area contributed by atoms with Crippen LogP contribution in [0.2, 0.25) is 0 Å². The molecule has 0 saturated carbocycles. The quantitative estimate of drug-likeness (QED) is 0.808. The van der Waals surface area contributed by atoms with E-state index in [-0.39, 0.29) is 13.1 Å². The van der Waals surface area contributed by atoms with Gasteiger partial charge in [-0.3, -0.25) is 0 Å². The molecular formula is C3H8Cl2N2OPt. The SMILES string of the molecule is [Cl][Pt+2][Cl].[NH-]CC(O)C[NH-]. The Bertz CT molecular complexity index is 46.8. The van der Waals surface area contributed by atoms with Gasteiger partial charge in [-0.05, 0) is 0 Å². The largest absolute Gasteiger partial charge is 0.675 e. The Kier molecular flexibility index (Phi) is 16.9. The molecular weight excluding hydrogens is 346 g/mol. The zero-order valence-electron chi connectivity index (χ0n) is 4.51. The van der Waals surface area contributed by atoms with Crippen LogP contribution >= 0.6 is 18.8 Å². The summed E-state index contributed by atoms with van der Waals surface area (Å²) in [7, 11) is 9.75. The third-order valence-corrected chi connectivity index (χ3v) is 0.471. The summed E-state index contributed by atoms with van der Waals surface area (Å²) in [5.74, 6) is 0. The fraction of sp³-hybridized carbons (Fsp3) is 1.00. The van der Waals surface area contributed by atoms with E-state index >= 15 is 0 Å². The second-order valence-electron chi connectivity index (χ2n) is 1.11. The van der Waals surface area contributed by atoms with Crippen LogP contribution in [0.4, 0.5) is 0 Å². The molecule has 0 atom stereocenters. The number of nitrogens with one attached hydrogen (secondary N) is 2. The van der Waals surface area contributed by atoms with Gasteiger partial charge in [-0.1, -0.05) is 0 Å². The van der Waals surface area contributed by atoms with Crippen LogP contribution in [0.1, 0.15) is 0 Å². The van der Waals surface area contributed by atoms with Gasteiger partial charge < -0.3 is 16.6 Å². The van der Waals surface area contributed by atoms with Crippen molar-refractivity contribution in [2.24, 2.45) is 0 Å². The maximum atomic E-state index is 8.29. The van der Waals surface area contributed by atoms with E-state index in [1.54, 1.807) is 0 Å². The van der Waals surface area contributed by atoms with Gasteiger partial charge in [0, 0.05) is 6.10 Å². The molecule has 9 heavy (non-hydrogen) atoms. The number of rotatable bonds is 2. The van der Waals surface area contributed by atoms with Crippen LogP contribution in [-0.4, -0.2) is 24.3 Å². The molecule has 0 aromatic rings. The summed E-state index contributed by atoms with van der Waals surface area (Å²) in [6.07, 6.45) is -0.731. The van der Waals surface area contributed by atoms with Gasteiger partial charge in [-0.15, -0.1) is 13.1 Å². The second-order valence-corrected chi connectivity index (χ2v) is 4.39. The smallest absolute Gasteiger partial charge is 0.0162 e. The zero-order valence-corrected chi connectivity index (χ0v) is 8.30. The van der Waals surface area contributed by atoms with Crippen LogP contribution in [0.15, 0.2) is 0 Å². The maximum Gasteiger partial charge on any atom is 0.0162 e. The van der Waals surface area contributed by atoms with Crippen molar-refractivity contribution in [3.63, 3.8) is 0 Å². The Balaban J connectivity index is 0. The summed E-state index contributed by atoms with van der Waals surface area (Å²) < 4.78 is 0. The normalized spacial score (nSPS) is 9.11. The molecule has 0 heterocycles. The van der Waals surface area contributed by atoms with Crippen molar-refractivity contribution in [2.75, 3.05) is 13.1 Å². The predicted molar refractivity (Wildman–Crippen MR) is 36.1 cm³/mol. The molecule has 0 saturated heterocycles. The van der Waals surface area contributed by atoms with Crippen molar-refractivity contribution in [2.45, 2.75) is 6.10 Å². The van der Waals surface area contributed by atoms with Crippen LogP contribution in [0.3, 0.4) is 0 Å². The predicted octanol–water partition coefficient (Wildman–Crippen LogP) is 1.83. The van der Waals surface area contributed by atoms with Crippen molar-refractivity contribution >= 4 is 18.8 Å². The number of hydrogen-bond donors (Lipinski definition) is 1. The first kappa shape index (κ1) is 12.8. The van der Waals surface area contributed by atoms with Crippen molar-refractivity contribution < 1.29 is 21.6 Å². The van der Waals surface area contributed by atoms with E-state index in [1.165, 1.54) is 0 Å². The third-order valence-electron chi connectivity index (χ3n) is 0.471. The molecule has 0 bridgehead atoms. The molecule has 0 radical (unpaired) electrons. The number of aliphatic hydroxyl groups excluding tert-OH is 1.